The van der Waals surface area contributed by atoms with Crippen LogP contribution in [0.1, 0.15) is 10.4 Å². The topological polar surface area (TPSA) is 61.2 Å². The summed E-state index contributed by atoms with van der Waals surface area (Å²) in [4.78, 5) is 31.1. The van der Waals surface area contributed by atoms with E-state index in [1.165, 1.54) is 23.1 Å². The van der Waals surface area contributed by atoms with Crippen molar-refractivity contribution in [3.8, 4) is 11.4 Å². The first-order valence-electron chi connectivity index (χ1n) is 8.53. The van der Waals surface area contributed by atoms with E-state index < -0.39 is 0 Å². The van der Waals surface area contributed by atoms with Crippen LogP contribution >= 0.6 is 23.1 Å². The highest BCUT2D eigenvalue weighted by Gasteiger charge is 2.17. The summed E-state index contributed by atoms with van der Waals surface area (Å²) in [5.74, 6) is 0.606. The lowest BCUT2D eigenvalue weighted by Crippen LogP contribution is -2.21. The number of carbonyl (C=O) groups excluding carboxylic acids is 1. The molecule has 7 heteroatoms. The number of rotatable bonds is 6. The minimum atomic E-state index is -0.135. The third-order valence-electron chi connectivity index (χ3n) is 4.22. The minimum absolute atomic E-state index is 0.0809. The highest BCUT2D eigenvalue weighted by atomic mass is 32.2. The van der Waals surface area contributed by atoms with Gasteiger partial charge in [0.05, 0.1) is 29.5 Å². The summed E-state index contributed by atoms with van der Waals surface area (Å²) >= 11 is 2.66. The lowest BCUT2D eigenvalue weighted by Gasteiger charge is -2.12. The van der Waals surface area contributed by atoms with Crippen molar-refractivity contribution < 1.29 is 9.53 Å². The van der Waals surface area contributed by atoms with Gasteiger partial charge in [-0.2, -0.15) is 0 Å². The third kappa shape index (κ3) is 3.46. The average molecular weight is 409 g/mol. The number of para-hydroxylation sites is 2. The number of methoxy groups -OCH3 is 1. The summed E-state index contributed by atoms with van der Waals surface area (Å²) < 4.78 is 6.84. The smallest absolute Gasteiger partial charge is 0.267 e. The number of thiophene rings is 1. The summed E-state index contributed by atoms with van der Waals surface area (Å²) in [6.45, 7) is 0. The maximum absolute atomic E-state index is 13.0. The van der Waals surface area contributed by atoms with E-state index in [1.807, 2.05) is 41.8 Å². The van der Waals surface area contributed by atoms with Crippen LogP contribution in [0.3, 0.4) is 0 Å². The fraction of sp³-hybridized carbons (Fsp3) is 0.0952. The molecule has 4 aromatic rings. The van der Waals surface area contributed by atoms with E-state index in [-0.39, 0.29) is 17.1 Å². The van der Waals surface area contributed by atoms with Gasteiger partial charge in [-0.05, 0) is 35.7 Å². The van der Waals surface area contributed by atoms with Crippen molar-refractivity contribution in [1.82, 2.24) is 9.55 Å². The quantitative estimate of drug-likeness (QED) is 0.268. The first kappa shape index (κ1) is 18.5. The minimum Gasteiger partial charge on any atom is -0.496 e. The zero-order valence-electron chi connectivity index (χ0n) is 15.0. The van der Waals surface area contributed by atoms with Crippen LogP contribution in [0.4, 0.5) is 0 Å². The molecule has 0 fully saturated rings. The Morgan fingerprint density at radius 2 is 1.86 bits per heavy atom. The zero-order chi connectivity index (χ0) is 19.5. The molecule has 2 heterocycles. The normalized spacial score (nSPS) is 10.9. The molecular weight excluding hydrogens is 392 g/mol. The number of nitrogens with zero attached hydrogens (tertiary/aromatic N) is 2. The van der Waals surface area contributed by atoms with Crippen molar-refractivity contribution in [2.75, 3.05) is 12.9 Å². The van der Waals surface area contributed by atoms with Crippen molar-refractivity contribution in [3.63, 3.8) is 0 Å². The van der Waals surface area contributed by atoms with Crippen LogP contribution in [-0.4, -0.2) is 28.2 Å². The lowest BCUT2D eigenvalue weighted by atomic mass is 10.1. The second-order valence-electron chi connectivity index (χ2n) is 5.92. The Hall–Kier alpha value is -2.90. The number of thioether (sulfide) groups is 1. The van der Waals surface area contributed by atoms with Gasteiger partial charge in [0.25, 0.3) is 5.56 Å². The molecule has 0 amide bonds. The van der Waals surface area contributed by atoms with Gasteiger partial charge in [-0.1, -0.05) is 42.1 Å². The van der Waals surface area contributed by atoms with Gasteiger partial charge in [-0.25, -0.2) is 4.98 Å². The molecule has 2 aromatic heterocycles. The molecule has 0 N–H and O–H groups in total. The average Bonchev–Trinajstić information content (AvgIpc) is 3.21. The van der Waals surface area contributed by atoms with Gasteiger partial charge in [-0.3, -0.25) is 14.2 Å². The second kappa shape index (κ2) is 8.00. The van der Waals surface area contributed by atoms with Crippen molar-refractivity contribution >= 4 is 39.1 Å². The van der Waals surface area contributed by atoms with E-state index in [2.05, 4.69) is 4.98 Å². The molecule has 0 unspecified atom stereocenters. The Morgan fingerprint density at radius 3 is 2.64 bits per heavy atom. The van der Waals surface area contributed by atoms with Gasteiger partial charge in [0, 0.05) is 0 Å². The molecule has 4 rings (SSSR count). The van der Waals surface area contributed by atoms with E-state index >= 15 is 0 Å². The van der Waals surface area contributed by atoms with Crippen LogP contribution in [0.5, 0.6) is 5.75 Å². The number of fused-ring (bicyclic) bond motifs is 1. The van der Waals surface area contributed by atoms with Crippen LogP contribution in [0.15, 0.2) is 76.0 Å². The van der Waals surface area contributed by atoms with Crippen molar-refractivity contribution in [3.05, 3.63) is 82.0 Å². The molecule has 0 aliphatic rings. The fourth-order valence-corrected chi connectivity index (χ4v) is 4.58. The number of benzene rings is 2. The second-order valence-corrected chi connectivity index (χ2v) is 7.76. The van der Waals surface area contributed by atoms with E-state index in [4.69, 9.17) is 4.74 Å². The molecule has 140 valence electrons. The van der Waals surface area contributed by atoms with Gasteiger partial charge in [-0.15, -0.1) is 11.3 Å². The Bertz CT molecular complexity index is 1200. The number of hydrogen-bond acceptors (Lipinski definition) is 6. The van der Waals surface area contributed by atoms with E-state index in [0.717, 1.165) is 5.69 Å². The van der Waals surface area contributed by atoms with Crippen molar-refractivity contribution in [2.24, 2.45) is 0 Å². The van der Waals surface area contributed by atoms with Gasteiger partial charge in [0.2, 0.25) is 0 Å². The van der Waals surface area contributed by atoms with Crippen molar-refractivity contribution in [2.45, 2.75) is 5.16 Å². The van der Waals surface area contributed by atoms with Gasteiger partial charge in [0.1, 0.15) is 10.6 Å². The summed E-state index contributed by atoms with van der Waals surface area (Å²) in [5, 5.41) is 2.92. The molecule has 0 aliphatic heterocycles. The predicted molar refractivity (Wildman–Crippen MR) is 113 cm³/mol. The molecule has 28 heavy (non-hydrogen) atoms. The van der Waals surface area contributed by atoms with E-state index in [0.29, 0.717) is 26.7 Å². The van der Waals surface area contributed by atoms with Gasteiger partial charge >= 0.3 is 0 Å². The summed E-state index contributed by atoms with van der Waals surface area (Å²) in [7, 11) is 1.54. The maximum Gasteiger partial charge on any atom is 0.267 e. The number of ketones is 1. The van der Waals surface area contributed by atoms with Crippen LogP contribution in [0.2, 0.25) is 0 Å². The van der Waals surface area contributed by atoms with E-state index in [9.17, 15) is 9.59 Å². The molecule has 0 spiro atoms. The molecule has 0 aliphatic carbocycles. The molecule has 0 bridgehead atoms. The number of aromatic nitrogens is 2. The van der Waals surface area contributed by atoms with Gasteiger partial charge in [0.15, 0.2) is 10.9 Å². The Labute approximate surface area is 169 Å². The predicted octanol–water partition coefficient (Wildman–Crippen LogP) is 4.43. The Kier molecular flexibility index (Phi) is 5.27. The summed E-state index contributed by atoms with van der Waals surface area (Å²) in [5.41, 5.74) is 1.10. The van der Waals surface area contributed by atoms with E-state index in [1.54, 1.807) is 35.9 Å². The van der Waals surface area contributed by atoms with Crippen molar-refractivity contribution in [1.29, 1.82) is 0 Å². The largest absolute Gasteiger partial charge is 0.496 e. The zero-order valence-corrected chi connectivity index (χ0v) is 16.6. The standard InChI is InChI=1S/C21H16N2O3S2/c1-26-18-10-6-5-9-15(18)17(24)13-28-21-22-19-16(11-12-27-19)20(25)23(21)14-7-3-2-4-8-14/h2-12H,13H2,1H3. The number of hydrogen-bond donors (Lipinski definition) is 0. The summed E-state index contributed by atoms with van der Waals surface area (Å²) in [6, 6.07) is 18.2. The highest BCUT2D eigenvalue weighted by molar-refractivity contribution is 7.99. The van der Waals surface area contributed by atoms with Crippen LogP contribution in [-0.2, 0) is 0 Å². The first-order valence-corrected chi connectivity index (χ1v) is 10.4. The maximum atomic E-state index is 13.0. The van der Waals surface area contributed by atoms with Gasteiger partial charge < -0.3 is 4.74 Å². The number of carbonyl (C=O) groups is 1. The molecular formula is C21H16N2O3S2. The molecule has 2 aromatic carbocycles. The molecule has 0 saturated carbocycles. The van der Waals surface area contributed by atoms with Crippen LogP contribution in [0, 0.1) is 0 Å². The number of Topliss-reactive ketones (excluding diaryl/α,β-unsaturated/α-hetero) is 1. The Balaban J connectivity index is 1.72. The molecule has 5 nitrogen and oxygen atoms in total. The molecule has 0 saturated heterocycles. The third-order valence-corrected chi connectivity index (χ3v) is 5.97. The monoisotopic (exact) mass is 408 g/mol. The van der Waals surface area contributed by atoms with Crippen LogP contribution in [0.25, 0.3) is 15.9 Å². The fourth-order valence-electron chi connectivity index (χ4n) is 2.88. The number of ether oxygens (including phenoxy) is 1. The first-order chi connectivity index (χ1) is 13.7. The highest BCUT2D eigenvalue weighted by Crippen LogP contribution is 2.26. The SMILES string of the molecule is COc1ccccc1C(=O)CSc1nc2sccc2c(=O)n1-c1ccccc1. The van der Waals surface area contributed by atoms with Crippen LogP contribution < -0.4 is 10.3 Å². The Morgan fingerprint density at radius 1 is 1.11 bits per heavy atom. The molecule has 0 radical (unpaired) electrons. The lowest BCUT2D eigenvalue weighted by molar-refractivity contribution is 0.101. The summed E-state index contributed by atoms with van der Waals surface area (Å²) in [6.07, 6.45) is 0. The molecule has 0 atom stereocenters.